The van der Waals surface area contributed by atoms with Gasteiger partial charge in [-0.25, -0.2) is 14.8 Å². The van der Waals surface area contributed by atoms with E-state index in [1.807, 2.05) is 5.38 Å². The van der Waals surface area contributed by atoms with Crippen LogP contribution in [0.25, 0.3) is 10.7 Å². The number of hydrogen-bond acceptors (Lipinski definition) is 6. The zero-order chi connectivity index (χ0) is 15.1. The molecule has 2 rings (SSSR count). The molecule has 0 amide bonds. The first-order chi connectivity index (χ1) is 9.20. The van der Waals surface area contributed by atoms with Gasteiger partial charge in [0.1, 0.15) is 15.6 Å². The maximum absolute atomic E-state index is 11.5. The van der Waals surface area contributed by atoms with Crippen LogP contribution in [0.2, 0.25) is 0 Å². The van der Waals surface area contributed by atoms with Gasteiger partial charge in [-0.2, -0.15) is 0 Å². The van der Waals surface area contributed by atoms with Crippen molar-refractivity contribution in [2.75, 3.05) is 0 Å². The predicted molar refractivity (Wildman–Crippen MR) is 78.9 cm³/mol. The van der Waals surface area contributed by atoms with Gasteiger partial charge in [0.2, 0.25) is 0 Å². The number of carbonyl (C=O) groups is 2. The van der Waals surface area contributed by atoms with Crippen molar-refractivity contribution in [2.45, 2.75) is 33.1 Å². The number of carboxylic acid groups (broad SMARTS) is 1. The van der Waals surface area contributed by atoms with E-state index in [2.05, 4.69) is 30.7 Å². The lowest BCUT2D eigenvalue weighted by molar-refractivity contribution is 0.0687. The van der Waals surface area contributed by atoms with Crippen molar-refractivity contribution >= 4 is 34.4 Å². The van der Waals surface area contributed by atoms with E-state index in [4.69, 9.17) is 5.11 Å². The Morgan fingerprint density at radius 3 is 2.30 bits per heavy atom. The molecule has 0 fully saturated rings. The Bertz CT molecular complexity index is 649. The Hall–Kier alpha value is -1.60. The molecular weight excluding hydrogens is 296 g/mol. The molecule has 0 radical (unpaired) electrons. The fourth-order valence-corrected chi connectivity index (χ4v) is 3.41. The van der Waals surface area contributed by atoms with Crippen LogP contribution >= 0.6 is 22.7 Å². The van der Waals surface area contributed by atoms with Gasteiger partial charge in [0.15, 0.2) is 11.5 Å². The van der Waals surface area contributed by atoms with Crippen LogP contribution in [-0.2, 0) is 5.41 Å². The Balaban J connectivity index is 2.49. The molecule has 0 aromatic carbocycles. The van der Waals surface area contributed by atoms with E-state index in [1.54, 1.807) is 0 Å². The van der Waals surface area contributed by atoms with Gasteiger partial charge in [0.05, 0.1) is 5.01 Å². The number of Topliss-reactive ketones (excluding diaryl/α,β-unsaturated/α-hetero) is 1. The van der Waals surface area contributed by atoms with Gasteiger partial charge in [0.25, 0.3) is 0 Å². The van der Waals surface area contributed by atoms with Crippen molar-refractivity contribution < 1.29 is 14.7 Å². The zero-order valence-corrected chi connectivity index (χ0v) is 13.2. The normalized spacial score (nSPS) is 11.6. The lowest BCUT2D eigenvalue weighted by Crippen LogP contribution is -2.10. The number of carbonyl (C=O) groups excluding carboxylic acids is 1. The molecule has 106 valence electrons. The minimum Gasteiger partial charge on any atom is -0.476 e. The Kier molecular flexibility index (Phi) is 3.75. The van der Waals surface area contributed by atoms with Gasteiger partial charge in [-0.05, 0) is 0 Å². The number of rotatable bonds is 3. The number of aromatic carboxylic acids is 1. The molecular formula is C13H14N2O3S2. The third-order valence-electron chi connectivity index (χ3n) is 2.51. The predicted octanol–water partition coefficient (Wildman–Crippen LogP) is 3.46. The molecule has 7 heteroatoms. The maximum atomic E-state index is 11.5. The number of aromatic nitrogens is 2. The SMILES string of the molecule is CC(=O)c1sc(-c2csc(C(C)(C)C)n2)nc1C(=O)O. The summed E-state index contributed by atoms with van der Waals surface area (Å²) in [6, 6.07) is 0. The van der Waals surface area contributed by atoms with Crippen LogP contribution in [-0.4, -0.2) is 26.8 Å². The van der Waals surface area contributed by atoms with Gasteiger partial charge in [-0.1, -0.05) is 20.8 Å². The molecule has 0 aliphatic carbocycles. The largest absolute Gasteiger partial charge is 0.476 e. The molecule has 2 aromatic rings. The third-order valence-corrected chi connectivity index (χ3v) is 4.96. The zero-order valence-electron chi connectivity index (χ0n) is 11.6. The lowest BCUT2D eigenvalue weighted by atomic mass is 9.98. The molecule has 0 saturated carbocycles. The number of thiazole rings is 2. The summed E-state index contributed by atoms with van der Waals surface area (Å²) in [6.07, 6.45) is 0. The Morgan fingerprint density at radius 1 is 1.25 bits per heavy atom. The molecule has 2 heterocycles. The second-order valence-electron chi connectivity index (χ2n) is 5.35. The van der Waals surface area contributed by atoms with Crippen molar-refractivity contribution in [3.05, 3.63) is 21.0 Å². The Labute approximate surface area is 124 Å². The van der Waals surface area contributed by atoms with Gasteiger partial charge >= 0.3 is 5.97 Å². The summed E-state index contributed by atoms with van der Waals surface area (Å²) >= 11 is 2.58. The smallest absolute Gasteiger partial charge is 0.356 e. The van der Waals surface area contributed by atoms with Crippen LogP contribution in [0.15, 0.2) is 5.38 Å². The number of nitrogens with zero attached hydrogens (tertiary/aromatic N) is 2. The average Bonchev–Trinajstić information content (AvgIpc) is 2.94. The second-order valence-corrected chi connectivity index (χ2v) is 7.20. The van der Waals surface area contributed by atoms with E-state index in [1.165, 1.54) is 18.3 Å². The first kappa shape index (κ1) is 14.8. The standard InChI is InChI=1S/C13H14N2O3S2/c1-6(16)9-8(11(17)18)15-10(20-9)7-5-19-12(14-7)13(2,3)4/h5H,1-4H3,(H,17,18). The minimum atomic E-state index is -1.19. The van der Waals surface area contributed by atoms with Gasteiger partial charge in [-0.3, -0.25) is 4.79 Å². The highest BCUT2D eigenvalue weighted by molar-refractivity contribution is 7.17. The summed E-state index contributed by atoms with van der Waals surface area (Å²) in [4.78, 5) is 31.3. The highest BCUT2D eigenvalue weighted by Gasteiger charge is 2.24. The summed E-state index contributed by atoms with van der Waals surface area (Å²) in [5.74, 6) is -1.48. The lowest BCUT2D eigenvalue weighted by Gasteiger charge is -2.13. The highest BCUT2D eigenvalue weighted by Crippen LogP contribution is 2.33. The maximum Gasteiger partial charge on any atom is 0.356 e. The van der Waals surface area contributed by atoms with Crippen LogP contribution in [0.4, 0.5) is 0 Å². The van der Waals surface area contributed by atoms with E-state index < -0.39 is 5.97 Å². The summed E-state index contributed by atoms with van der Waals surface area (Å²) in [5.41, 5.74) is 0.363. The summed E-state index contributed by atoms with van der Waals surface area (Å²) in [6.45, 7) is 7.51. The summed E-state index contributed by atoms with van der Waals surface area (Å²) in [7, 11) is 0. The summed E-state index contributed by atoms with van der Waals surface area (Å²) in [5, 5.41) is 12.3. The fourth-order valence-electron chi connectivity index (χ4n) is 1.53. The first-order valence-corrected chi connectivity index (χ1v) is 7.61. The molecule has 1 N–H and O–H groups in total. The molecule has 0 atom stereocenters. The number of ketones is 1. The third kappa shape index (κ3) is 2.78. The van der Waals surface area contributed by atoms with Crippen LogP contribution in [0, 0.1) is 0 Å². The van der Waals surface area contributed by atoms with E-state index >= 15 is 0 Å². The molecule has 5 nitrogen and oxygen atoms in total. The summed E-state index contributed by atoms with van der Waals surface area (Å²) < 4.78 is 0. The minimum absolute atomic E-state index is 0.0702. The van der Waals surface area contributed by atoms with Gasteiger partial charge in [-0.15, -0.1) is 22.7 Å². The van der Waals surface area contributed by atoms with E-state index in [0.717, 1.165) is 16.3 Å². The molecule has 0 aliphatic heterocycles. The van der Waals surface area contributed by atoms with Crippen molar-refractivity contribution in [1.29, 1.82) is 0 Å². The molecule has 0 saturated heterocycles. The van der Waals surface area contributed by atoms with Crippen LogP contribution < -0.4 is 0 Å². The first-order valence-electron chi connectivity index (χ1n) is 5.91. The number of hydrogen-bond donors (Lipinski definition) is 1. The van der Waals surface area contributed by atoms with Crippen molar-refractivity contribution in [3.8, 4) is 10.7 Å². The van der Waals surface area contributed by atoms with Crippen molar-refractivity contribution in [3.63, 3.8) is 0 Å². The quantitative estimate of drug-likeness (QED) is 0.878. The average molecular weight is 310 g/mol. The van der Waals surface area contributed by atoms with E-state index in [9.17, 15) is 9.59 Å². The van der Waals surface area contributed by atoms with Crippen LogP contribution in [0.3, 0.4) is 0 Å². The Morgan fingerprint density at radius 2 is 1.90 bits per heavy atom. The van der Waals surface area contributed by atoms with Crippen LogP contribution in [0.1, 0.15) is 52.9 Å². The highest BCUT2D eigenvalue weighted by atomic mass is 32.1. The molecule has 0 bridgehead atoms. The van der Waals surface area contributed by atoms with E-state index in [-0.39, 0.29) is 21.8 Å². The van der Waals surface area contributed by atoms with Crippen molar-refractivity contribution in [2.24, 2.45) is 0 Å². The molecule has 20 heavy (non-hydrogen) atoms. The topological polar surface area (TPSA) is 80.2 Å². The monoisotopic (exact) mass is 310 g/mol. The molecule has 0 spiro atoms. The number of carboxylic acids is 1. The second kappa shape index (κ2) is 5.06. The molecule has 0 aliphatic rings. The van der Waals surface area contributed by atoms with Gasteiger partial charge in [0, 0.05) is 17.7 Å². The van der Waals surface area contributed by atoms with Crippen LogP contribution in [0.5, 0.6) is 0 Å². The van der Waals surface area contributed by atoms with Crippen molar-refractivity contribution in [1.82, 2.24) is 9.97 Å². The van der Waals surface area contributed by atoms with E-state index in [0.29, 0.717) is 10.7 Å². The molecule has 2 aromatic heterocycles. The molecule has 0 unspecified atom stereocenters. The van der Waals surface area contributed by atoms with Gasteiger partial charge < -0.3 is 5.11 Å². The fraction of sp³-hybridized carbons (Fsp3) is 0.385.